The van der Waals surface area contributed by atoms with Crippen molar-refractivity contribution < 1.29 is 18.5 Å². The summed E-state index contributed by atoms with van der Waals surface area (Å²) in [6, 6.07) is 4.26. The summed E-state index contributed by atoms with van der Waals surface area (Å²) in [7, 11) is 0. The van der Waals surface area contributed by atoms with E-state index in [0.717, 1.165) is 31.2 Å². The zero-order chi connectivity index (χ0) is 24.7. The third-order valence-corrected chi connectivity index (χ3v) is 6.90. The second kappa shape index (κ2) is 9.20. The maximum Gasteiger partial charge on any atom is 0.257 e. The molecule has 0 bridgehead atoms. The lowest BCUT2D eigenvalue weighted by Crippen LogP contribution is -2.50. The Morgan fingerprint density at radius 1 is 1.06 bits per heavy atom. The number of hydrogen-bond donors (Lipinski definition) is 2. The third kappa shape index (κ3) is 4.94. The van der Waals surface area contributed by atoms with Crippen LogP contribution in [0.3, 0.4) is 0 Å². The molecule has 0 aliphatic heterocycles. The molecule has 3 aromatic heterocycles. The van der Waals surface area contributed by atoms with Crippen molar-refractivity contribution in [3.05, 3.63) is 59.1 Å². The maximum atomic E-state index is 15.0. The Balaban J connectivity index is 1.38. The summed E-state index contributed by atoms with van der Waals surface area (Å²) in [6.45, 7) is 5.37. The van der Waals surface area contributed by atoms with Crippen LogP contribution in [-0.2, 0) is 4.79 Å². The van der Waals surface area contributed by atoms with Gasteiger partial charge in [0, 0.05) is 23.0 Å². The lowest BCUT2D eigenvalue weighted by molar-refractivity contribution is -0.119. The van der Waals surface area contributed by atoms with Gasteiger partial charge in [-0.05, 0) is 88.0 Å². The highest BCUT2D eigenvalue weighted by Crippen LogP contribution is 2.51. The predicted molar refractivity (Wildman–Crippen MR) is 127 cm³/mol. The van der Waals surface area contributed by atoms with Crippen LogP contribution >= 0.6 is 0 Å². The molecule has 1 atom stereocenters. The predicted octanol–water partition coefficient (Wildman–Crippen LogP) is 4.37. The Labute approximate surface area is 202 Å². The zero-order valence-corrected chi connectivity index (χ0v) is 20.0. The normalized spacial score (nSPS) is 16.3. The Bertz CT molecular complexity index is 1270. The quantitative estimate of drug-likeness (QED) is 0.466. The Morgan fingerprint density at radius 3 is 2.37 bits per heavy atom. The van der Waals surface area contributed by atoms with E-state index in [1.54, 1.807) is 25.3 Å². The molecule has 0 aromatic carbocycles. The molecule has 2 fully saturated rings. The lowest BCUT2D eigenvalue weighted by Gasteiger charge is -2.27. The first-order valence-corrected chi connectivity index (χ1v) is 11.9. The van der Waals surface area contributed by atoms with Gasteiger partial charge >= 0.3 is 0 Å². The van der Waals surface area contributed by atoms with Gasteiger partial charge in [0.25, 0.3) is 5.91 Å². The molecule has 2 saturated carbocycles. The van der Waals surface area contributed by atoms with Gasteiger partial charge in [0.2, 0.25) is 11.9 Å². The van der Waals surface area contributed by atoms with Crippen LogP contribution in [0, 0.1) is 44.5 Å². The molecule has 0 saturated heterocycles. The van der Waals surface area contributed by atoms with Crippen LogP contribution in [0.1, 0.15) is 53.0 Å². The molecule has 2 aliphatic carbocycles. The fraction of sp³-hybridized carbons (Fsp3) is 0.423. The molecule has 0 unspecified atom stereocenters. The number of carbonyl (C=O) groups excluding carboxylic acids is 2. The van der Waals surface area contributed by atoms with Crippen molar-refractivity contribution in [3.8, 4) is 11.1 Å². The van der Waals surface area contributed by atoms with Gasteiger partial charge < -0.3 is 15.2 Å². The van der Waals surface area contributed by atoms with E-state index in [2.05, 4.69) is 25.8 Å². The summed E-state index contributed by atoms with van der Waals surface area (Å²) in [5.41, 5.74) is 3.33. The van der Waals surface area contributed by atoms with Crippen molar-refractivity contribution in [2.75, 3.05) is 5.32 Å². The van der Waals surface area contributed by atoms with Crippen LogP contribution in [0.15, 0.2) is 35.2 Å². The first kappa shape index (κ1) is 23.1. The molecule has 3 heterocycles. The molecule has 2 N–H and O–H groups in total. The smallest absolute Gasteiger partial charge is 0.257 e. The molecule has 5 rings (SSSR count). The molecule has 3 aromatic rings. The van der Waals surface area contributed by atoms with Crippen molar-refractivity contribution in [2.24, 2.45) is 17.8 Å². The molecule has 0 spiro atoms. The average Bonchev–Trinajstić information content (AvgIpc) is 3.75. The minimum Gasteiger partial charge on any atom is -0.364 e. The van der Waals surface area contributed by atoms with E-state index >= 15 is 0 Å². The van der Waals surface area contributed by atoms with Gasteiger partial charge in [0.05, 0.1) is 5.69 Å². The molecule has 182 valence electrons. The fourth-order valence-corrected chi connectivity index (χ4v) is 4.78. The Morgan fingerprint density at radius 2 is 1.77 bits per heavy atom. The molecule has 2 amide bonds. The van der Waals surface area contributed by atoms with Crippen LogP contribution in [0.2, 0.25) is 0 Å². The van der Waals surface area contributed by atoms with E-state index in [0.29, 0.717) is 39.9 Å². The number of nitrogens with one attached hydrogen (secondary N) is 2. The summed E-state index contributed by atoms with van der Waals surface area (Å²) in [5, 5.41) is 9.41. The summed E-state index contributed by atoms with van der Waals surface area (Å²) in [4.78, 5) is 34.7. The molecular weight excluding hydrogens is 449 g/mol. The average molecular weight is 478 g/mol. The monoisotopic (exact) mass is 477 g/mol. The van der Waals surface area contributed by atoms with E-state index in [1.165, 1.54) is 6.26 Å². The van der Waals surface area contributed by atoms with Gasteiger partial charge in [-0.3, -0.25) is 14.6 Å². The highest BCUT2D eigenvalue weighted by atomic mass is 19.1. The number of hydrogen-bond acceptors (Lipinski definition) is 6. The third-order valence-electron chi connectivity index (χ3n) is 6.90. The van der Waals surface area contributed by atoms with Crippen LogP contribution < -0.4 is 10.6 Å². The second-order valence-electron chi connectivity index (χ2n) is 9.69. The standard InChI is InChI=1S/C26H28FN5O3/c1-13-10-19(14(2)28-11-13)18-8-9-21(29-24(18)27)30-26(34)23(22(16-4-5-16)17-6-7-17)31-25(33)20-12-35-32-15(20)3/h8-12,16-17,22-23H,4-7H2,1-3H3,(H,31,33)(H,29,30,34)/t23-/m0/s1. The number of carbonyl (C=O) groups is 2. The molecule has 8 nitrogen and oxygen atoms in total. The number of amides is 2. The van der Waals surface area contributed by atoms with Crippen molar-refractivity contribution in [1.82, 2.24) is 20.4 Å². The number of aromatic nitrogens is 3. The molecule has 0 radical (unpaired) electrons. The minimum atomic E-state index is -0.760. The van der Waals surface area contributed by atoms with Crippen molar-refractivity contribution in [3.63, 3.8) is 0 Å². The van der Waals surface area contributed by atoms with E-state index in [-0.39, 0.29) is 11.7 Å². The van der Waals surface area contributed by atoms with Gasteiger partial charge in [0.15, 0.2) is 0 Å². The van der Waals surface area contributed by atoms with Crippen molar-refractivity contribution >= 4 is 17.6 Å². The number of nitrogens with zero attached hydrogens (tertiary/aromatic N) is 3. The topological polar surface area (TPSA) is 110 Å². The SMILES string of the molecule is Cc1cnc(C)c(-c2ccc(NC(=O)[C@@H](NC(=O)c3conc3C)C(C3CC3)C3CC3)nc2F)c1. The van der Waals surface area contributed by atoms with Crippen LogP contribution in [0.5, 0.6) is 0 Å². The number of anilines is 1. The summed E-state index contributed by atoms with van der Waals surface area (Å²) in [5.74, 6) is -0.585. The van der Waals surface area contributed by atoms with E-state index in [9.17, 15) is 14.0 Å². The first-order chi connectivity index (χ1) is 16.8. The van der Waals surface area contributed by atoms with E-state index in [1.807, 2.05) is 19.9 Å². The summed E-state index contributed by atoms with van der Waals surface area (Å²) >= 11 is 0. The second-order valence-corrected chi connectivity index (χ2v) is 9.69. The van der Waals surface area contributed by atoms with Crippen molar-refractivity contribution in [2.45, 2.75) is 52.5 Å². The largest absolute Gasteiger partial charge is 0.364 e. The van der Waals surface area contributed by atoms with Gasteiger partial charge in [-0.15, -0.1) is 0 Å². The fourth-order valence-electron chi connectivity index (χ4n) is 4.78. The van der Waals surface area contributed by atoms with Crippen LogP contribution in [0.25, 0.3) is 11.1 Å². The van der Waals surface area contributed by atoms with E-state index < -0.39 is 23.8 Å². The number of halogens is 1. The zero-order valence-electron chi connectivity index (χ0n) is 20.0. The van der Waals surface area contributed by atoms with Crippen molar-refractivity contribution in [1.29, 1.82) is 0 Å². The van der Waals surface area contributed by atoms with Gasteiger partial charge in [-0.1, -0.05) is 5.16 Å². The van der Waals surface area contributed by atoms with Crippen LogP contribution in [0.4, 0.5) is 10.2 Å². The molecule has 2 aliphatic rings. The first-order valence-electron chi connectivity index (χ1n) is 11.9. The maximum absolute atomic E-state index is 15.0. The Hall–Kier alpha value is -3.62. The molecule has 9 heteroatoms. The highest BCUT2D eigenvalue weighted by molar-refractivity contribution is 6.01. The Kier molecular flexibility index (Phi) is 6.08. The van der Waals surface area contributed by atoms with Gasteiger partial charge in [0.1, 0.15) is 23.7 Å². The summed E-state index contributed by atoms with van der Waals surface area (Å²) < 4.78 is 19.9. The minimum absolute atomic E-state index is 0.0317. The van der Waals surface area contributed by atoms with Gasteiger partial charge in [-0.2, -0.15) is 4.39 Å². The molecular formula is C26H28FN5O3. The summed E-state index contributed by atoms with van der Waals surface area (Å²) in [6.07, 6.45) is 7.17. The highest BCUT2D eigenvalue weighted by Gasteiger charge is 2.48. The number of pyridine rings is 2. The number of rotatable bonds is 8. The van der Waals surface area contributed by atoms with E-state index in [4.69, 9.17) is 4.52 Å². The van der Waals surface area contributed by atoms with Gasteiger partial charge in [-0.25, -0.2) is 4.98 Å². The lowest BCUT2D eigenvalue weighted by atomic mass is 9.88. The molecule has 35 heavy (non-hydrogen) atoms. The number of aryl methyl sites for hydroxylation is 3. The van der Waals surface area contributed by atoms with Crippen LogP contribution in [-0.4, -0.2) is 33.0 Å².